The zero-order valence-electron chi connectivity index (χ0n) is 12.9. The molecule has 126 valence electrons. The van der Waals surface area contributed by atoms with Crippen LogP contribution in [0.1, 0.15) is 48.9 Å². The molecule has 6 nitrogen and oxygen atoms in total. The van der Waals surface area contributed by atoms with E-state index in [9.17, 15) is 9.59 Å². The Kier molecular flexibility index (Phi) is 6.65. The fourth-order valence-electron chi connectivity index (χ4n) is 2.02. The number of aliphatic carboxylic acids is 1. The van der Waals surface area contributed by atoms with Gasteiger partial charge in [-0.3, -0.25) is 9.59 Å². The van der Waals surface area contributed by atoms with Crippen molar-refractivity contribution in [2.75, 3.05) is 13.2 Å². The Morgan fingerprint density at radius 3 is 2.78 bits per heavy atom. The standard InChI is InChI=1S/C16H21ClN2O4/c17-13-8-12(9-19-16(13)23-10-11-5-6-11)15(22)18-7-3-1-2-4-14(20)21/h8-9,11H,1-7,10H2,(H,18,22)(H,20,21). The van der Waals surface area contributed by atoms with Gasteiger partial charge in [-0.1, -0.05) is 18.0 Å². The summed E-state index contributed by atoms with van der Waals surface area (Å²) in [5, 5.41) is 11.6. The van der Waals surface area contributed by atoms with Gasteiger partial charge in [-0.2, -0.15) is 0 Å². The van der Waals surface area contributed by atoms with E-state index in [4.69, 9.17) is 21.4 Å². The second-order valence-electron chi connectivity index (χ2n) is 5.73. The molecule has 1 amide bonds. The molecule has 1 fully saturated rings. The molecule has 1 aromatic heterocycles. The van der Waals surface area contributed by atoms with Crippen molar-refractivity contribution in [2.45, 2.75) is 38.5 Å². The van der Waals surface area contributed by atoms with Crippen molar-refractivity contribution < 1.29 is 19.4 Å². The molecule has 2 N–H and O–H groups in total. The molecule has 0 aromatic carbocycles. The van der Waals surface area contributed by atoms with Gasteiger partial charge in [0.25, 0.3) is 5.91 Å². The summed E-state index contributed by atoms with van der Waals surface area (Å²) < 4.78 is 5.52. The minimum absolute atomic E-state index is 0.162. The number of carboxylic acid groups (broad SMARTS) is 1. The number of carbonyl (C=O) groups excluding carboxylic acids is 1. The monoisotopic (exact) mass is 340 g/mol. The normalized spacial score (nSPS) is 13.6. The number of hydrogen-bond donors (Lipinski definition) is 2. The van der Waals surface area contributed by atoms with Crippen molar-refractivity contribution in [3.63, 3.8) is 0 Å². The summed E-state index contributed by atoms with van der Waals surface area (Å²) in [6, 6.07) is 1.55. The molecule has 1 aliphatic carbocycles. The van der Waals surface area contributed by atoms with Crippen molar-refractivity contribution >= 4 is 23.5 Å². The molecule has 0 atom stereocenters. The highest BCUT2D eigenvalue weighted by Crippen LogP contribution is 2.30. The maximum atomic E-state index is 12.0. The number of unbranched alkanes of at least 4 members (excludes halogenated alkanes) is 2. The van der Waals surface area contributed by atoms with Gasteiger partial charge in [-0.15, -0.1) is 0 Å². The summed E-state index contributed by atoms with van der Waals surface area (Å²) >= 11 is 6.09. The van der Waals surface area contributed by atoms with Crippen LogP contribution >= 0.6 is 11.6 Å². The van der Waals surface area contributed by atoms with E-state index in [1.54, 1.807) is 6.07 Å². The molecule has 0 aliphatic heterocycles. The highest BCUT2D eigenvalue weighted by Gasteiger charge is 2.22. The van der Waals surface area contributed by atoms with E-state index in [0.29, 0.717) is 42.0 Å². The molecule has 0 saturated heterocycles. The van der Waals surface area contributed by atoms with Crippen molar-refractivity contribution in [3.8, 4) is 5.88 Å². The van der Waals surface area contributed by atoms with Gasteiger partial charge in [0.05, 0.1) is 12.2 Å². The molecule has 2 rings (SSSR count). The van der Waals surface area contributed by atoms with Crippen molar-refractivity contribution in [2.24, 2.45) is 5.92 Å². The third-order valence-electron chi connectivity index (χ3n) is 3.58. The number of carbonyl (C=O) groups is 2. The Balaban J connectivity index is 1.71. The molecule has 0 bridgehead atoms. The molecule has 0 radical (unpaired) electrons. The number of nitrogens with one attached hydrogen (secondary N) is 1. The zero-order chi connectivity index (χ0) is 16.7. The van der Waals surface area contributed by atoms with Crippen LogP contribution in [-0.4, -0.2) is 35.1 Å². The Hall–Kier alpha value is -1.82. The smallest absolute Gasteiger partial charge is 0.303 e. The fourth-order valence-corrected chi connectivity index (χ4v) is 2.24. The molecule has 1 saturated carbocycles. The lowest BCUT2D eigenvalue weighted by molar-refractivity contribution is -0.137. The molecule has 1 aromatic rings. The first-order chi connectivity index (χ1) is 11.1. The number of aromatic nitrogens is 1. The van der Waals surface area contributed by atoms with Crippen LogP contribution in [0.4, 0.5) is 0 Å². The number of amides is 1. The second-order valence-corrected chi connectivity index (χ2v) is 6.13. The molecule has 0 unspecified atom stereocenters. The molecule has 1 aliphatic rings. The van der Waals surface area contributed by atoms with E-state index in [0.717, 1.165) is 12.8 Å². The Morgan fingerprint density at radius 1 is 1.35 bits per heavy atom. The quantitative estimate of drug-likeness (QED) is 0.639. The Morgan fingerprint density at radius 2 is 2.13 bits per heavy atom. The van der Waals surface area contributed by atoms with E-state index in [-0.39, 0.29) is 12.3 Å². The SMILES string of the molecule is O=C(O)CCCCCNC(=O)c1cnc(OCC2CC2)c(Cl)c1. The van der Waals surface area contributed by atoms with E-state index < -0.39 is 5.97 Å². The third-order valence-corrected chi connectivity index (χ3v) is 3.85. The average Bonchev–Trinajstić information content (AvgIpc) is 3.33. The van der Waals surface area contributed by atoms with Gasteiger partial charge >= 0.3 is 5.97 Å². The first-order valence-electron chi connectivity index (χ1n) is 7.84. The maximum absolute atomic E-state index is 12.0. The van der Waals surface area contributed by atoms with Gasteiger partial charge in [-0.25, -0.2) is 4.98 Å². The van der Waals surface area contributed by atoms with Crippen LogP contribution in [0.25, 0.3) is 0 Å². The lowest BCUT2D eigenvalue weighted by Crippen LogP contribution is -2.24. The van der Waals surface area contributed by atoms with Crippen molar-refractivity contribution in [1.82, 2.24) is 10.3 Å². The molecule has 0 spiro atoms. The molecule has 7 heteroatoms. The van der Waals surface area contributed by atoms with Gasteiger partial charge in [0.1, 0.15) is 5.02 Å². The topological polar surface area (TPSA) is 88.5 Å². The average molecular weight is 341 g/mol. The van der Waals surface area contributed by atoms with Crippen LogP contribution in [0.15, 0.2) is 12.3 Å². The van der Waals surface area contributed by atoms with Crippen LogP contribution < -0.4 is 10.1 Å². The van der Waals surface area contributed by atoms with Crippen LogP contribution in [0.3, 0.4) is 0 Å². The third kappa shape index (κ3) is 6.44. The summed E-state index contributed by atoms with van der Waals surface area (Å²) in [7, 11) is 0. The zero-order valence-corrected chi connectivity index (χ0v) is 13.6. The molecular formula is C16H21ClN2O4. The van der Waals surface area contributed by atoms with Crippen LogP contribution in [0.5, 0.6) is 5.88 Å². The summed E-state index contributed by atoms with van der Waals surface area (Å²) in [5.41, 5.74) is 0.388. The predicted octanol–water partition coefficient (Wildman–Crippen LogP) is 2.90. The van der Waals surface area contributed by atoms with Gasteiger partial charge in [0, 0.05) is 19.2 Å². The van der Waals surface area contributed by atoms with E-state index in [1.807, 2.05) is 0 Å². The fraction of sp³-hybridized carbons (Fsp3) is 0.562. The van der Waals surface area contributed by atoms with E-state index in [2.05, 4.69) is 10.3 Å². The number of ether oxygens (including phenoxy) is 1. The number of halogens is 1. The number of pyridine rings is 1. The Bertz CT molecular complexity index is 561. The molecule has 1 heterocycles. The summed E-state index contributed by atoms with van der Waals surface area (Å²) in [4.78, 5) is 26.4. The minimum atomic E-state index is -0.793. The highest BCUT2D eigenvalue weighted by atomic mass is 35.5. The van der Waals surface area contributed by atoms with Gasteiger partial charge in [0.2, 0.25) is 5.88 Å². The minimum Gasteiger partial charge on any atom is -0.481 e. The van der Waals surface area contributed by atoms with Crippen LogP contribution in [0.2, 0.25) is 5.02 Å². The van der Waals surface area contributed by atoms with Crippen molar-refractivity contribution in [3.05, 3.63) is 22.8 Å². The van der Waals surface area contributed by atoms with Crippen molar-refractivity contribution in [1.29, 1.82) is 0 Å². The first kappa shape index (κ1) is 17.5. The Labute approximate surface area is 140 Å². The molecule has 23 heavy (non-hydrogen) atoms. The number of hydrogen-bond acceptors (Lipinski definition) is 4. The predicted molar refractivity (Wildman–Crippen MR) is 85.9 cm³/mol. The summed E-state index contributed by atoms with van der Waals surface area (Å²) in [6.45, 7) is 1.12. The highest BCUT2D eigenvalue weighted by molar-refractivity contribution is 6.32. The first-order valence-corrected chi connectivity index (χ1v) is 8.22. The van der Waals surface area contributed by atoms with Gasteiger partial charge < -0.3 is 15.2 Å². The summed E-state index contributed by atoms with van der Waals surface area (Å²) in [6.07, 6.45) is 6.10. The maximum Gasteiger partial charge on any atom is 0.303 e. The molecular weight excluding hydrogens is 320 g/mol. The largest absolute Gasteiger partial charge is 0.481 e. The number of rotatable bonds is 10. The van der Waals surface area contributed by atoms with Gasteiger partial charge in [0.15, 0.2) is 0 Å². The summed E-state index contributed by atoms with van der Waals surface area (Å²) in [5.74, 6) is -0.0640. The van der Waals surface area contributed by atoms with Gasteiger partial charge in [-0.05, 0) is 37.7 Å². The van der Waals surface area contributed by atoms with Crippen LogP contribution in [-0.2, 0) is 4.79 Å². The number of nitrogens with zero attached hydrogens (tertiary/aromatic N) is 1. The lowest BCUT2D eigenvalue weighted by atomic mass is 10.2. The number of carboxylic acids is 1. The van der Waals surface area contributed by atoms with Crippen LogP contribution in [0, 0.1) is 5.92 Å². The lowest BCUT2D eigenvalue weighted by Gasteiger charge is -2.08. The van der Waals surface area contributed by atoms with E-state index >= 15 is 0 Å². The second kappa shape index (κ2) is 8.72. The van der Waals surface area contributed by atoms with E-state index in [1.165, 1.54) is 19.0 Å².